The van der Waals surface area contributed by atoms with Crippen molar-refractivity contribution in [3.63, 3.8) is 0 Å². The molecule has 5 heteroatoms. The van der Waals surface area contributed by atoms with Gasteiger partial charge in [0.15, 0.2) is 11.5 Å². The van der Waals surface area contributed by atoms with Crippen LogP contribution in [0.2, 0.25) is 0 Å². The second-order valence-corrected chi connectivity index (χ2v) is 4.84. The topological polar surface area (TPSA) is 84.6 Å². The Morgan fingerprint density at radius 3 is 2.80 bits per heavy atom. The minimum atomic E-state index is -0.548. The zero-order valence-corrected chi connectivity index (χ0v) is 12.2. The number of aromatic hydroxyl groups is 1. The van der Waals surface area contributed by atoms with Crippen molar-refractivity contribution in [2.75, 3.05) is 13.7 Å². The first-order chi connectivity index (χ1) is 9.60. The number of amides is 2. The molecule has 1 rings (SSSR count). The number of phenolic OH excluding ortho intramolecular Hbond substituents is 1. The fraction of sp³-hybridized carbons (Fsp3) is 0.533. The van der Waals surface area contributed by atoms with E-state index in [2.05, 4.69) is 12.2 Å². The Kier molecular flexibility index (Phi) is 6.70. The molecule has 4 N–H and O–H groups in total. The Labute approximate surface area is 120 Å². The monoisotopic (exact) mass is 280 g/mol. The van der Waals surface area contributed by atoms with Gasteiger partial charge in [-0.25, -0.2) is 4.79 Å². The van der Waals surface area contributed by atoms with Crippen LogP contribution >= 0.6 is 0 Å². The maximum Gasteiger partial charge on any atom is 0.312 e. The molecule has 1 atom stereocenters. The fourth-order valence-corrected chi connectivity index (χ4v) is 2.27. The van der Waals surface area contributed by atoms with E-state index in [1.54, 1.807) is 6.07 Å². The number of rotatable bonds is 8. The van der Waals surface area contributed by atoms with Crippen molar-refractivity contribution in [1.29, 1.82) is 0 Å². The average molecular weight is 280 g/mol. The predicted octanol–water partition coefficient (Wildman–Crippen LogP) is 2.73. The van der Waals surface area contributed by atoms with Gasteiger partial charge in [0.1, 0.15) is 0 Å². The van der Waals surface area contributed by atoms with E-state index in [4.69, 9.17) is 10.5 Å². The second kappa shape index (κ2) is 8.30. The molecule has 0 aliphatic rings. The molecule has 1 unspecified atom stereocenters. The third kappa shape index (κ3) is 4.64. The lowest BCUT2D eigenvalue weighted by Crippen LogP contribution is -2.33. The summed E-state index contributed by atoms with van der Waals surface area (Å²) in [6, 6.07) is 4.86. The molecular formula is C15H24N2O3. The Balaban J connectivity index is 2.87. The van der Waals surface area contributed by atoms with Crippen molar-refractivity contribution in [3.05, 3.63) is 23.8 Å². The van der Waals surface area contributed by atoms with Gasteiger partial charge in [0.05, 0.1) is 7.11 Å². The number of unbranched alkanes of at least 4 members (excludes halogenated alkanes) is 2. The minimum Gasteiger partial charge on any atom is -0.504 e. The third-order valence-corrected chi connectivity index (χ3v) is 3.37. The first kappa shape index (κ1) is 16.1. The number of methoxy groups -OCH3 is 1. The molecule has 112 valence electrons. The van der Waals surface area contributed by atoms with E-state index in [1.807, 2.05) is 12.1 Å². The number of urea groups is 1. The van der Waals surface area contributed by atoms with Crippen LogP contribution in [-0.2, 0) is 0 Å². The molecule has 0 saturated carbocycles. The van der Waals surface area contributed by atoms with Gasteiger partial charge in [0.25, 0.3) is 0 Å². The number of hydrogen-bond acceptors (Lipinski definition) is 3. The fourth-order valence-electron chi connectivity index (χ4n) is 2.27. The molecule has 0 saturated heterocycles. The highest BCUT2D eigenvalue weighted by atomic mass is 16.5. The summed E-state index contributed by atoms with van der Waals surface area (Å²) in [5, 5.41) is 12.8. The number of carbonyl (C=O) groups excluding carboxylic acids is 1. The molecular weight excluding hydrogens is 256 g/mol. The van der Waals surface area contributed by atoms with Gasteiger partial charge in [-0.15, -0.1) is 0 Å². The molecule has 1 aromatic carbocycles. The number of carbonyl (C=O) groups is 1. The molecule has 5 nitrogen and oxygen atoms in total. The van der Waals surface area contributed by atoms with Crippen LogP contribution in [0, 0.1) is 0 Å². The van der Waals surface area contributed by atoms with E-state index in [1.165, 1.54) is 7.11 Å². The smallest absolute Gasteiger partial charge is 0.312 e. The molecule has 20 heavy (non-hydrogen) atoms. The largest absolute Gasteiger partial charge is 0.504 e. The average Bonchev–Trinajstić information content (AvgIpc) is 2.43. The Morgan fingerprint density at radius 2 is 2.20 bits per heavy atom. The van der Waals surface area contributed by atoms with Gasteiger partial charge in [-0.1, -0.05) is 38.3 Å². The zero-order valence-electron chi connectivity index (χ0n) is 12.2. The SMILES string of the molecule is CCCCCC(CNC(N)=O)c1cccc(OC)c1O. The van der Waals surface area contributed by atoms with Crippen molar-refractivity contribution >= 4 is 6.03 Å². The van der Waals surface area contributed by atoms with Crippen molar-refractivity contribution in [3.8, 4) is 11.5 Å². The summed E-state index contributed by atoms with van der Waals surface area (Å²) in [5.41, 5.74) is 5.92. The molecule has 0 radical (unpaired) electrons. The predicted molar refractivity (Wildman–Crippen MR) is 79.1 cm³/mol. The second-order valence-electron chi connectivity index (χ2n) is 4.84. The van der Waals surface area contributed by atoms with Crippen molar-refractivity contribution in [2.24, 2.45) is 5.73 Å². The highest BCUT2D eigenvalue weighted by molar-refractivity contribution is 5.71. The molecule has 0 fully saturated rings. The summed E-state index contributed by atoms with van der Waals surface area (Å²) < 4.78 is 5.12. The minimum absolute atomic E-state index is 0.0316. The molecule has 1 aromatic rings. The summed E-state index contributed by atoms with van der Waals surface area (Å²) in [6.07, 6.45) is 4.17. The van der Waals surface area contributed by atoms with E-state index in [0.717, 1.165) is 31.2 Å². The quantitative estimate of drug-likeness (QED) is 0.640. The van der Waals surface area contributed by atoms with Crippen molar-refractivity contribution in [1.82, 2.24) is 5.32 Å². The van der Waals surface area contributed by atoms with Crippen LogP contribution in [-0.4, -0.2) is 24.8 Å². The van der Waals surface area contributed by atoms with Crippen LogP contribution in [0.3, 0.4) is 0 Å². The Morgan fingerprint density at radius 1 is 1.45 bits per heavy atom. The van der Waals surface area contributed by atoms with Crippen LogP contribution in [0.15, 0.2) is 18.2 Å². The van der Waals surface area contributed by atoms with Crippen molar-refractivity contribution in [2.45, 2.75) is 38.5 Å². The van der Waals surface area contributed by atoms with Gasteiger partial charge >= 0.3 is 6.03 Å². The molecule has 0 aromatic heterocycles. The van der Waals surface area contributed by atoms with Crippen LogP contribution < -0.4 is 15.8 Å². The normalized spacial score (nSPS) is 11.9. The number of nitrogens with one attached hydrogen (secondary N) is 1. The molecule has 0 spiro atoms. The third-order valence-electron chi connectivity index (χ3n) is 3.37. The summed E-state index contributed by atoms with van der Waals surface area (Å²) in [7, 11) is 1.52. The van der Waals surface area contributed by atoms with Gasteiger partial charge in [-0.2, -0.15) is 0 Å². The van der Waals surface area contributed by atoms with E-state index >= 15 is 0 Å². The van der Waals surface area contributed by atoms with Crippen LogP contribution in [0.4, 0.5) is 4.79 Å². The summed E-state index contributed by atoms with van der Waals surface area (Å²) >= 11 is 0. The lowest BCUT2D eigenvalue weighted by atomic mass is 9.92. The molecule has 0 aliphatic carbocycles. The van der Waals surface area contributed by atoms with E-state index in [0.29, 0.717) is 12.3 Å². The molecule has 0 aliphatic heterocycles. The number of nitrogens with two attached hydrogens (primary N) is 1. The molecule has 0 heterocycles. The van der Waals surface area contributed by atoms with Crippen LogP contribution in [0.25, 0.3) is 0 Å². The number of ether oxygens (including phenoxy) is 1. The molecule has 0 bridgehead atoms. The van der Waals surface area contributed by atoms with Crippen LogP contribution in [0.1, 0.15) is 44.1 Å². The van der Waals surface area contributed by atoms with Crippen molar-refractivity contribution < 1.29 is 14.6 Å². The van der Waals surface area contributed by atoms with E-state index in [9.17, 15) is 9.90 Å². The molecule has 2 amide bonds. The lowest BCUT2D eigenvalue weighted by Gasteiger charge is -2.19. The maximum absolute atomic E-state index is 10.9. The maximum atomic E-state index is 10.9. The van der Waals surface area contributed by atoms with Gasteiger partial charge < -0.3 is 20.9 Å². The summed E-state index contributed by atoms with van der Waals surface area (Å²) in [6.45, 7) is 2.56. The zero-order chi connectivity index (χ0) is 15.0. The number of hydrogen-bond donors (Lipinski definition) is 3. The standard InChI is InChI=1S/C15H24N2O3/c1-3-4-5-7-11(10-17-15(16)19)12-8-6-9-13(20-2)14(12)18/h6,8-9,11,18H,3-5,7,10H2,1-2H3,(H3,16,17,19). The van der Waals surface area contributed by atoms with Gasteiger partial charge in [-0.05, 0) is 12.5 Å². The van der Waals surface area contributed by atoms with E-state index in [-0.39, 0.29) is 11.7 Å². The summed E-state index contributed by atoms with van der Waals surface area (Å²) in [5.74, 6) is 0.619. The van der Waals surface area contributed by atoms with E-state index < -0.39 is 6.03 Å². The first-order valence-corrected chi connectivity index (χ1v) is 6.99. The van der Waals surface area contributed by atoms with Crippen LogP contribution in [0.5, 0.6) is 11.5 Å². The Bertz CT molecular complexity index is 435. The summed E-state index contributed by atoms with van der Waals surface area (Å²) in [4.78, 5) is 10.9. The van der Waals surface area contributed by atoms with Gasteiger partial charge in [-0.3, -0.25) is 0 Å². The lowest BCUT2D eigenvalue weighted by molar-refractivity contribution is 0.248. The first-order valence-electron chi connectivity index (χ1n) is 6.99. The number of phenols is 1. The highest BCUT2D eigenvalue weighted by Crippen LogP contribution is 2.36. The number of benzene rings is 1. The Hall–Kier alpha value is -1.91. The highest BCUT2D eigenvalue weighted by Gasteiger charge is 2.18. The number of para-hydroxylation sites is 1. The van der Waals surface area contributed by atoms with Gasteiger partial charge in [0, 0.05) is 18.0 Å². The van der Waals surface area contributed by atoms with Gasteiger partial charge in [0.2, 0.25) is 0 Å². The number of primary amides is 1.